The zero-order valence-electron chi connectivity index (χ0n) is 16.7. The topological polar surface area (TPSA) is 82.2 Å². The summed E-state index contributed by atoms with van der Waals surface area (Å²) >= 11 is 1.64. The molecule has 0 fully saturated rings. The normalized spacial score (nSPS) is 13.3. The first-order valence-electron chi connectivity index (χ1n) is 9.47. The highest BCUT2D eigenvalue weighted by molar-refractivity contribution is 7.15. The third kappa shape index (κ3) is 3.32. The molecule has 2 heterocycles. The Kier molecular flexibility index (Phi) is 5.41. The van der Waals surface area contributed by atoms with E-state index in [-0.39, 0.29) is 0 Å². The predicted molar refractivity (Wildman–Crippen MR) is 110 cm³/mol. The Morgan fingerprint density at radius 1 is 1.03 bits per heavy atom. The number of aryl methyl sites for hydroxylation is 1. The summed E-state index contributed by atoms with van der Waals surface area (Å²) in [7, 11) is 4.73. The molecule has 29 heavy (non-hydrogen) atoms. The Labute approximate surface area is 173 Å². The Bertz CT molecular complexity index is 1060. The number of hydrogen-bond acceptors (Lipinski definition) is 7. The van der Waals surface area contributed by atoms with Gasteiger partial charge in [0, 0.05) is 10.4 Å². The van der Waals surface area contributed by atoms with E-state index in [1.807, 2.05) is 12.1 Å². The maximum absolute atomic E-state index is 9.89. The van der Waals surface area contributed by atoms with E-state index >= 15 is 0 Å². The van der Waals surface area contributed by atoms with E-state index in [9.17, 15) is 5.26 Å². The minimum Gasteiger partial charge on any atom is -0.493 e. The molecule has 7 nitrogen and oxygen atoms in total. The second-order valence-corrected chi connectivity index (χ2v) is 7.85. The van der Waals surface area contributed by atoms with Crippen LogP contribution in [0.5, 0.6) is 17.2 Å². The van der Waals surface area contributed by atoms with Gasteiger partial charge in [-0.05, 0) is 43.4 Å². The zero-order chi connectivity index (χ0) is 20.4. The lowest BCUT2D eigenvalue weighted by atomic mass is 10.1. The largest absolute Gasteiger partial charge is 0.493 e. The molecule has 0 aliphatic heterocycles. The van der Waals surface area contributed by atoms with Crippen molar-refractivity contribution in [1.82, 2.24) is 14.8 Å². The van der Waals surface area contributed by atoms with Crippen LogP contribution in [-0.4, -0.2) is 36.1 Å². The summed E-state index contributed by atoms with van der Waals surface area (Å²) in [4.78, 5) is 5.76. The van der Waals surface area contributed by atoms with E-state index < -0.39 is 0 Å². The molecule has 0 atom stereocenters. The SMILES string of the molecule is COc1cc(-c2ncnn2-c2sc3c(c2C#N)CCCCC3)cc(OC)c1OC. The van der Waals surface area contributed by atoms with Crippen LogP contribution in [0.1, 0.15) is 35.3 Å². The number of ether oxygens (including phenoxy) is 3. The molecule has 2 aromatic heterocycles. The highest BCUT2D eigenvalue weighted by atomic mass is 32.1. The highest BCUT2D eigenvalue weighted by Crippen LogP contribution is 2.42. The van der Waals surface area contributed by atoms with Crippen molar-refractivity contribution in [2.24, 2.45) is 0 Å². The van der Waals surface area contributed by atoms with Crippen LogP contribution in [0.4, 0.5) is 0 Å². The lowest BCUT2D eigenvalue weighted by Crippen LogP contribution is -2.02. The van der Waals surface area contributed by atoms with E-state index in [1.165, 1.54) is 23.2 Å². The molecule has 150 valence electrons. The molecule has 0 saturated carbocycles. The fourth-order valence-corrected chi connectivity index (χ4v) is 5.09. The molecular formula is C21H22N4O3S. The lowest BCUT2D eigenvalue weighted by molar-refractivity contribution is 0.324. The maximum Gasteiger partial charge on any atom is 0.203 e. The third-order valence-electron chi connectivity index (χ3n) is 5.18. The summed E-state index contributed by atoms with van der Waals surface area (Å²) in [6.07, 6.45) is 6.96. The molecule has 0 amide bonds. The van der Waals surface area contributed by atoms with Gasteiger partial charge in [0.05, 0.1) is 26.9 Å². The molecule has 1 aromatic carbocycles. The van der Waals surface area contributed by atoms with Crippen LogP contribution in [0.15, 0.2) is 18.5 Å². The van der Waals surface area contributed by atoms with Crippen molar-refractivity contribution in [3.8, 4) is 39.7 Å². The summed E-state index contributed by atoms with van der Waals surface area (Å²) in [5.74, 6) is 2.22. The fourth-order valence-electron chi connectivity index (χ4n) is 3.79. The van der Waals surface area contributed by atoms with Crippen LogP contribution < -0.4 is 14.2 Å². The highest BCUT2D eigenvalue weighted by Gasteiger charge is 2.24. The van der Waals surface area contributed by atoms with Crippen molar-refractivity contribution in [3.63, 3.8) is 0 Å². The average molecular weight is 410 g/mol. The van der Waals surface area contributed by atoms with Crippen molar-refractivity contribution in [3.05, 3.63) is 34.5 Å². The van der Waals surface area contributed by atoms with Gasteiger partial charge in [-0.3, -0.25) is 0 Å². The van der Waals surface area contributed by atoms with Crippen LogP contribution in [0, 0.1) is 11.3 Å². The molecule has 0 spiro atoms. The van der Waals surface area contributed by atoms with E-state index in [2.05, 4.69) is 16.2 Å². The van der Waals surface area contributed by atoms with E-state index in [0.29, 0.717) is 28.6 Å². The fraction of sp³-hybridized carbons (Fsp3) is 0.381. The quantitative estimate of drug-likeness (QED) is 0.588. The maximum atomic E-state index is 9.89. The number of thiophene rings is 1. The standard InChI is InChI=1S/C21H22N4O3S/c1-26-16-9-13(10-17(27-2)19(16)28-3)20-23-12-24-25(20)21-15(11-22)14-7-5-4-6-8-18(14)29-21/h9-10,12H,4-8H2,1-3H3. The Morgan fingerprint density at radius 2 is 1.76 bits per heavy atom. The number of hydrogen-bond donors (Lipinski definition) is 0. The Morgan fingerprint density at radius 3 is 2.41 bits per heavy atom. The number of nitriles is 1. The van der Waals surface area contributed by atoms with E-state index in [1.54, 1.807) is 37.3 Å². The van der Waals surface area contributed by atoms with Crippen LogP contribution in [0.25, 0.3) is 16.4 Å². The first-order valence-corrected chi connectivity index (χ1v) is 10.3. The number of nitrogens with zero attached hydrogens (tertiary/aromatic N) is 4. The first kappa shape index (κ1) is 19.3. The number of benzene rings is 1. The molecule has 0 unspecified atom stereocenters. The van der Waals surface area contributed by atoms with Gasteiger partial charge in [0.2, 0.25) is 5.75 Å². The molecule has 8 heteroatoms. The van der Waals surface area contributed by atoms with Gasteiger partial charge < -0.3 is 14.2 Å². The van der Waals surface area contributed by atoms with Gasteiger partial charge in [-0.2, -0.15) is 10.4 Å². The van der Waals surface area contributed by atoms with Gasteiger partial charge in [-0.25, -0.2) is 9.67 Å². The number of fused-ring (bicyclic) bond motifs is 1. The molecule has 3 aromatic rings. The van der Waals surface area contributed by atoms with Crippen LogP contribution in [0.3, 0.4) is 0 Å². The molecule has 0 saturated heterocycles. The molecule has 1 aliphatic rings. The molecule has 4 rings (SSSR count). The molecule has 0 bridgehead atoms. The second kappa shape index (κ2) is 8.13. The smallest absolute Gasteiger partial charge is 0.203 e. The van der Waals surface area contributed by atoms with Gasteiger partial charge in [-0.15, -0.1) is 11.3 Å². The van der Waals surface area contributed by atoms with Gasteiger partial charge in [0.25, 0.3) is 0 Å². The summed E-state index contributed by atoms with van der Waals surface area (Å²) in [5, 5.41) is 15.2. The van der Waals surface area contributed by atoms with Gasteiger partial charge in [0.15, 0.2) is 17.3 Å². The van der Waals surface area contributed by atoms with E-state index in [4.69, 9.17) is 14.2 Å². The van der Waals surface area contributed by atoms with Crippen LogP contribution in [0.2, 0.25) is 0 Å². The van der Waals surface area contributed by atoms with Crippen molar-refractivity contribution in [2.45, 2.75) is 32.1 Å². The number of methoxy groups -OCH3 is 3. The predicted octanol–water partition coefficient (Wildman–Crippen LogP) is 4.16. The van der Waals surface area contributed by atoms with Crippen molar-refractivity contribution in [1.29, 1.82) is 5.26 Å². The van der Waals surface area contributed by atoms with Gasteiger partial charge in [0.1, 0.15) is 17.4 Å². The Balaban J connectivity index is 1.87. The summed E-state index contributed by atoms with van der Waals surface area (Å²) in [5.41, 5.74) is 2.66. The Hall–Kier alpha value is -3.05. The lowest BCUT2D eigenvalue weighted by Gasteiger charge is -2.14. The molecule has 0 radical (unpaired) electrons. The monoisotopic (exact) mass is 410 g/mol. The summed E-state index contributed by atoms with van der Waals surface area (Å²) in [6, 6.07) is 6.09. The molecule has 0 N–H and O–H groups in total. The minimum atomic E-state index is 0.519. The molecular weight excluding hydrogens is 388 g/mol. The number of aromatic nitrogens is 3. The number of rotatable bonds is 5. The van der Waals surface area contributed by atoms with Crippen molar-refractivity contribution >= 4 is 11.3 Å². The minimum absolute atomic E-state index is 0.519. The van der Waals surface area contributed by atoms with Crippen LogP contribution in [-0.2, 0) is 12.8 Å². The summed E-state index contributed by atoms with van der Waals surface area (Å²) in [6.45, 7) is 0. The van der Waals surface area contributed by atoms with Crippen LogP contribution >= 0.6 is 11.3 Å². The average Bonchev–Trinajstić information content (AvgIpc) is 3.30. The summed E-state index contributed by atoms with van der Waals surface area (Å²) < 4.78 is 18.1. The van der Waals surface area contributed by atoms with Crippen molar-refractivity contribution in [2.75, 3.05) is 21.3 Å². The second-order valence-electron chi connectivity index (χ2n) is 6.77. The van der Waals surface area contributed by atoms with E-state index in [0.717, 1.165) is 36.2 Å². The molecule has 1 aliphatic carbocycles. The zero-order valence-corrected chi connectivity index (χ0v) is 17.5. The van der Waals surface area contributed by atoms with Gasteiger partial charge in [-0.1, -0.05) is 6.42 Å². The van der Waals surface area contributed by atoms with Crippen molar-refractivity contribution < 1.29 is 14.2 Å². The first-order chi connectivity index (χ1) is 14.2. The third-order valence-corrected chi connectivity index (χ3v) is 6.44. The van der Waals surface area contributed by atoms with Gasteiger partial charge >= 0.3 is 0 Å².